The smallest absolute Gasteiger partial charge is 0.230 e. The molecular formula is C28H27FN2O3S. The maximum Gasteiger partial charge on any atom is 0.230 e. The SMILES string of the molecule is CS(=O)(=O)c1ccc(-c2nn3c(C4C5CC6CC(C5)CC4C6)coc3c2-c2ccc(F)cc2)cc1. The number of benzene rings is 2. The molecule has 2 aromatic heterocycles. The topological polar surface area (TPSA) is 64.6 Å². The van der Waals surface area contributed by atoms with Crippen LogP contribution in [0.4, 0.5) is 4.39 Å². The lowest BCUT2D eigenvalue weighted by Gasteiger charge is -2.54. The molecule has 0 N–H and O–H groups in total. The van der Waals surface area contributed by atoms with Gasteiger partial charge >= 0.3 is 0 Å². The van der Waals surface area contributed by atoms with Crippen LogP contribution in [0, 0.1) is 29.5 Å². The van der Waals surface area contributed by atoms with Crippen LogP contribution in [0.15, 0.2) is 64.1 Å². The van der Waals surface area contributed by atoms with Gasteiger partial charge in [-0.15, -0.1) is 0 Å². The predicted molar refractivity (Wildman–Crippen MR) is 131 cm³/mol. The highest BCUT2D eigenvalue weighted by molar-refractivity contribution is 7.90. The molecule has 0 aliphatic heterocycles. The third-order valence-corrected chi connectivity index (χ3v) is 9.76. The van der Waals surface area contributed by atoms with Gasteiger partial charge in [-0.25, -0.2) is 17.3 Å². The molecule has 0 unspecified atom stereocenters. The van der Waals surface area contributed by atoms with Crippen molar-refractivity contribution in [2.24, 2.45) is 23.7 Å². The first-order valence-electron chi connectivity index (χ1n) is 12.4. The highest BCUT2D eigenvalue weighted by atomic mass is 32.2. The quantitative estimate of drug-likeness (QED) is 0.335. The summed E-state index contributed by atoms with van der Waals surface area (Å²) in [5.41, 5.74) is 4.91. The number of sulfone groups is 1. The van der Waals surface area contributed by atoms with Gasteiger partial charge in [0.25, 0.3) is 0 Å². The molecule has 4 fully saturated rings. The Balaban J connectivity index is 1.39. The van der Waals surface area contributed by atoms with E-state index in [9.17, 15) is 12.8 Å². The van der Waals surface area contributed by atoms with Crippen LogP contribution >= 0.6 is 0 Å². The zero-order valence-corrected chi connectivity index (χ0v) is 20.3. The molecule has 0 saturated heterocycles. The van der Waals surface area contributed by atoms with Crippen LogP contribution in [-0.2, 0) is 9.84 Å². The normalized spacial score (nSPS) is 27.7. The Morgan fingerprint density at radius 1 is 0.886 bits per heavy atom. The Labute approximate surface area is 203 Å². The van der Waals surface area contributed by atoms with Gasteiger partial charge in [0, 0.05) is 17.7 Å². The molecule has 2 aromatic carbocycles. The molecule has 4 aliphatic carbocycles. The Hall–Kier alpha value is -2.93. The molecule has 0 amide bonds. The Morgan fingerprint density at radius 2 is 1.49 bits per heavy atom. The second-order valence-electron chi connectivity index (χ2n) is 10.9. The second kappa shape index (κ2) is 7.53. The van der Waals surface area contributed by atoms with Gasteiger partial charge in [0.2, 0.25) is 5.71 Å². The van der Waals surface area contributed by atoms with E-state index in [1.165, 1.54) is 50.5 Å². The lowest BCUT2D eigenvalue weighted by Crippen LogP contribution is -2.44. The molecule has 8 rings (SSSR count). The predicted octanol–water partition coefficient (Wildman–Crippen LogP) is 6.34. The van der Waals surface area contributed by atoms with E-state index in [1.54, 1.807) is 36.4 Å². The van der Waals surface area contributed by atoms with Crippen LogP contribution in [0.1, 0.15) is 43.7 Å². The molecule has 180 valence electrons. The van der Waals surface area contributed by atoms with Crippen LogP contribution in [0.2, 0.25) is 0 Å². The summed E-state index contributed by atoms with van der Waals surface area (Å²) >= 11 is 0. The second-order valence-corrected chi connectivity index (χ2v) is 12.9. The van der Waals surface area contributed by atoms with Gasteiger partial charge in [0.05, 0.1) is 16.2 Å². The molecule has 5 nitrogen and oxygen atoms in total. The summed E-state index contributed by atoms with van der Waals surface area (Å²) < 4.78 is 45.9. The van der Waals surface area contributed by atoms with Gasteiger partial charge in [0.15, 0.2) is 9.84 Å². The van der Waals surface area contributed by atoms with E-state index in [0.29, 0.717) is 29.2 Å². The molecule has 4 saturated carbocycles. The van der Waals surface area contributed by atoms with Crippen molar-refractivity contribution in [1.29, 1.82) is 0 Å². The zero-order chi connectivity index (χ0) is 23.9. The highest BCUT2D eigenvalue weighted by Crippen LogP contribution is 2.60. The summed E-state index contributed by atoms with van der Waals surface area (Å²) in [5, 5.41) is 5.05. The van der Waals surface area contributed by atoms with E-state index in [1.807, 2.05) is 10.8 Å². The van der Waals surface area contributed by atoms with Crippen LogP contribution in [0.25, 0.3) is 28.1 Å². The van der Waals surface area contributed by atoms with Crippen molar-refractivity contribution in [2.75, 3.05) is 6.26 Å². The van der Waals surface area contributed by atoms with Crippen molar-refractivity contribution in [3.8, 4) is 22.4 Å². The molecule has 35 heavy (non-hydrogen) atoms. The Morgan fingerprint density at radius 3 is 2.09 bits per heavy atom. The van der Waals surface area contributed by atoms with E-state index in [0.717, 1.165) is 34.2 Å². The Bertz CT molecular complexity index is 1510. The number of halogens is 1. The number of nitrogens with zero attached hydrogens (tertiary/aromatic N) is 2. The number of aromatic nitrogens is 2. The average Bonchev–Trinajstić information content (AvgIpc) is 3.39. The van der Waals surface area contributed by atoms with Gasteiger partial charge in [0.1, 0.15) is 17.8 Å². The number of rotatable bonds is 4. The van der Waals surface area contributed by atoms with Gasteiger partial charge in [-0.05, 0) is 85.6 Å². The molecule has 7 heteroatoms. The van der Waals surface area contributed by atoms with E-state index in [2.05, 4.69) is 0 Å². The third-order valence-electron chi connectivity index (χ3n) is 8.64. The van der Waals surface area contributed by atoms with Crippen molar-refractivity contribution in [3.05, 3.63) is 66.3 Å². The summed E-state index contributed by atoms with van der Waals surface area (Å²) in [4.78, 5) is 0.266. The first-order valence-corrected chi connectivity index (χ1v) is 14.3. The van der Waals surface area contributed by atoms with Gasteiger partial charge < -0.3 is 4.42 Å². The Kier molecular flexibility index (Phi) is 4.60. The lowest BCUT2D eigenvalue weighted by molar-refractivity contribution is -0.00485. The highest BCUT2D eigenvalue weighted by Gasteiger charge is 2.50. The first-order chi connectivity index (χ1) is 16.8. The van der Waals surface area contributed by atoms with E-state index in [-0.39, 0.29) is 10.7 Å². The fourth-order valence-electron chi connectivity index (χ4n) is 7.42. The summed E-state index contributed by atoms with van der Waals surface area (Å²) in [6.45, 7) is 0. The molecule has 0 atom stereocenters. The minimum Gasteiger partial charge on any atom is -0.444 e. The van der Waals surface area contributed by atoms with E-state index in [4.69, 9.17) is 9.52 Å². The number of hydrogen-bond donors (Lipinski definition) is 0. The monoisotopic (exact) mass is 490 g/mol. The largest absolute Gasteiger partial charge is 0.444 e. The number of oxazole rings is 1. The van der Waals surface area contributed by atoms with Gasteiger partial charge in [-0.1, -0.05) is 24.3 Å². The summed E-state index contributed by atoms with van der Waals surface area (Å²) in [7, 11) is -3.30. The van der Waals surface area contributed by atoms with Crippen molar-refractivity contribution < 1.29 is 17.2 Å². The van der Waals surface area contributed by atoms with Gasteiger partial charge in [-0.3, -0.25) is 0 Å². The molecule has 0 radical (unpaired) electrons. The first kappa shape index (κ1) is 21.4. The minimum absolute atomic E-state index is 0.266. The molecule has 4 bridgehead atoms. The van der Waals surface area contributed by atoms with Crippen LogP contribution in [0.5, 0.6) is 0 Å². The fourth-order valence-corrected chi connectivity index (χ4v) is 8.05. The average molecular weight is 491 g/mol. The molecule has 0 spiro atoms. The minimum atomic E-state index is -3.30. The fraction of sp³-hybridized carbons (Fsp3) is 0.393. The molecular weight excluding hydrogens is 463 g/mol. The van der Waals surface area contributed by atoms with Crippen molar-refractivity contribution in [2.45, 2.75) is 42.9 Å². The van der Waals surface area contributed by atoms with Crippen LogP contribution in [-0.4, -0.2) is 24.3 Å². The standard InChI is InChI=1S/C28H27FN2O3S/c1-35(32,33)23-8-4-19(5-9-23)27-26(18-2-6-22(29)7-3-18)28-31(30-27)24(15-34-28)25-20-11-16-10-17(13-20)14-21(25)12-16/h2-9,15-17,20-21,25H,10-14H2,1H3. The van der Waals surface area contributed by atoms with Crippen molar-refractivity contribution in [3.63, 3.8) is 0 Å². The van der Waals surface area contributed by atoms with Gasteiger partial charge in [-0.2, -0.15) is 5.10 Å². The summed E-state index contributed by atoms with van der Waals surface area (Å²) in [6, 6.07) is 13.2. The summed E-state index contributed by atoms with van der Waals surface area (Å²) in [5.74, 6) is 3.28. The third kappa shape index (κ3) is 3.39. The maximum absolute atomic E-state index is 13.7. The molecule has 4 aromatic rings. The van der Waals surface area contributed by atoms with Crippen molar-refractivity contribution in [1.82, 2.24) is 9.61 Å². The van der Waals surface area contributed by atoms with E-state index >= 15 is 0 Å². The summed E-state index contributed by atoms with van der Waals surface area (Å²) in [6.07, 6.45) is 9.70. The number of fused-ring (bicyclic) bond motifs is 1. The lowest BCUT2D eigenvalue weighted by atomic mass is 9.51. The van der Waals surface area contributed by atoms with Crippen molar-refractivity contribution >= 4 is 15.6 Å². The number of hydrogen-bond acceptors (Lipinski definition) is 4. The maximum atomic E-state index is 13.7. The molecule has 4 aliphatic rings. The van der Waals surface area contributed by atoms with E-state index < -0.39 is 9.84 Å². The van der Waals surface area contributed by atoms with Crippen LogP contribution in [0.3, 0.4) is 0 Å². The zero-order valence-electron chi connectivity index (χ0n) is 19.5. The molecule has 2 heterocycles. The van der Waals surface area contributed by atoms with Crippen LogP contribution < -0.4 is 0 Å².